The van der Waals surface area contributed by atoms with Crippen LogP contribution < -0.4 is 15.5 Å². The summed E-state index contributed by atoms with van der Waals surface area (Å²) in [5, 5.41) is 7.23. The van der Waals surface area contributed by atoms with Gasteiger partial charge in [0.1, 0.15) is 0 Å². The standard InChI is InChI=1S/C18H17N3O4S/c1-12-11-26-18(24)21(12)8-7-16(22)19-13-4-2-5-14(10-13)20-17(23)15-6-3-9-25-15/h2-6,9-11H,7-8H2,1H3,(H,19,22)(H,20,23). The first-order chi connectivity index (χ1) is 12.5. The Morgan fingerprint density at radius 1 is 1.15 bits per heavy atom. The van der Waals surface area contributed by atoms with Crippen molar-refractivity contribution >= 4 is 34.5 Å². The maximum Gasteiger partial charge on any atom is 0.307 e. The predicted molar refractivity (Wildman–Crippen MR) is 99.7 cm³/mol. The first-order valence-corrected chi connectivity index (χ1v) is 8.80. The van der Waals surface area contributed by atoms with E-state index >= 15 is 0 Å². The van der Waals surface area contributed by atoms with Gasteiger partial charge in [-0.3, -0.25) is 14.4 Å². The number of nitrogens with zero attached hydrogens (tertiary/aromatic N) is 1. The third-order valence-electron chi connectivity index (χ3n) is 3.69. The molecular formula is C18H17N3O4S. The maximum absolute atomic E-state index is 12.1. The average molecular weight is 371 g/mol. The molecule has 0 saturated carbocycles. The van der Waals surface area contributed by atoms with Gasteiger partial charge in [0.2, 0.25) is 5.91 Å². The molecule has 0 unspecified atom stereocenters. The predicted octanol–water partition coefficient (Wildman–Crippen LogP) is 3.09. The number of aromatic nitrogens is 1. The van der Waals surface area contributed by atoms with Gasteiger partial charge in [-0.2, -0.15) is 0 Å². The molecule has 26 heavy (non-hydrogen) atoms. The van der Waals surface area contributed by atoms with Crippen molar-refractivity contribution < 1.29 is 14.0 Å². The number of thiazole rings is 1. The molecule has 2 N–H and O–H groups in total. The minimum atomic E-state index is -0.370. The van der Waals surface area contributed by atoms with Crippen LogP contribution >= 0.6 is 11.3 Å². The Labute approximate surface area is 153 Å². The zero-order chi connectivity index (χ0) is 18.5. The van der Waals surface area contributed by atoms with Gasteiger partial charge in [-0.15, -0.1) is 0 Å². The molecule has 2 aromatic heterocycles. The number of hydrogen-bond acceptors (Lipinski definition) is 5. The molecule has 3 aromatic rings. The number of nitrogens with one attached hydrogen (secondary N) is 2. The van der Waals surface area contributed by atoms with Crippen molar-refractivity contribution in [2.24, 2.45) is 0 Å². The van der Waals surface area contributed by atoms with Crippen LogP contribution in [0, 0.1) is 6.92 Å². The van der Waals surface area contributed by atoms with Gasteiger partial charge in [0.15, 0.2) is 5.76 Å². The summed E-state index contributed by atoms with van der Waals surface area (Å²) in [4.78, 5) is 35.7. The molecule has 0 aliphatic carbocycles. The van der Waals surface area contributed by atoms with Gasteiger partial charge in [-0.25, -0.2) is 0 Å². The third kappa shape index (κ3) is 4.28. The van der Waals surface area contributed by atoms with E-state index in [1.165, 1.54) is 6.26 Å². The SMILES string of the molecule is Cc1csc(=O)n1CCC(=O)Nc1cccc(NC(=O)c2ccco2)c1. The fraction of sp³-hybridized carbons (Fsp3) is 0.167. The van der Waals surface area contributed by atoms with E-state index in [4.69, 9.17) is 4.42 Å². The molecule has 0 fully saturated rings. The van der Waals surface area contributed by atoms with Crippen molar-refractivity contribution in [2.45, 2.75) is 19.9 Å². The smallest absolute Gasteiger partial charge is 0.307 e. The Hall–Kier alpha value is -3.13. The molecular weight excluding hydrogens is 354 g/mol. The maximum atomic E-state index is 12.1. The van der Waals surface area contributed by atoms with Crippen LogP contribution in [0.1, 0.15) is 22.7 Å². The first kappa shape index (κ1) is 17.7. The van der Waals surface area contributed by atoms with E-state index in [9.17, 15) is 14.4 Å². The van der Waals surface area contributed by atoms with Crippen LogP contribution in [0.3, 0.4) is 0 Å². The fourth-order valence-corrected chi connectivity index (χ4v) is 3.15. The Balaban J connectivity index is 1.58. The van der Waals surface area contributed by atoms with Crippen LogP contribution in [0.4, 0.5) is 11.4 Å². The lowest BCUT2D eigenvalue weighted by molar-refractivity contribution is -0.116. The van der Waals surface area contributed by atoms with Crippen molar-refractivity contribution in [1.82, 2.24) is 4.57 Å². The lowest BCUT2D eigenvalue weighted by Crippen LogP contribution is -2.20. The van der Waals surface area contributed by atoms with Crippen molar-refractivity contribution in [3.8, 4) is 0 Å². The van der Waals surface area contributed by atoms with Crippen molar-refractivity contribution in [2.75, 3.05) is 10.6 Å². The van der Waals surface area contributed by atoms with Gasteiger partial charge >= 0.3 is 4.87 Å². The minimum absolute atomic E-state index is 0.0714. The van der Waals surface area contributed by atoms with Crippen LogP contribution in [0.2, 0.25) is 0 Å². The highest BCUT2D eigenvalue weighted by Gasteiger charge is 2.10. The number of anilines is 2. The average Bonchev–Trinajstić information content (AvgIpc) is 3.24. The lowest BCUT2D eigenvalue weighted by Gasteiger charge is -2.09. The van der Waals surface area contributed by atoms with Crippen molar-refractivity contribution in [3.63, 3.8) is 0 Å². The molecule has 8 heteroatoms. The Bertz CT molecular complexity index is 972. The Kier molecular flexibility index (Phi) is 5.33. The summed E-state index contributed by atoms with van der Waals surface area (Å²) < 4.78 is 6.61. The van der Waals surface area contributed by atoms with Crippen molar-refractivity contribution in [1.29, 1.82) is 0 Å². The second-order valence-electron chi connectivity index (χ2n) is 5.61. The number of furan rings is 1. The van der Waals surface area contributed by atoms with Crippen LogP contribution in [0.25, 0.3) is 0 Å². The topological polar surface area (TPSA) is 93.3 Å². The quantitative estimate of drug-likeness (QED) is 0.696. The number of amides is 2. The van der Waals surface area contributed by atoms with Gasteiger partial charge in [0.25, 0.3) is 5.91 Å². The zero-order valence-electron chi connectivity index (χ0n) is 14.0. The normalized spacial score (nSPS) is 10.5. The molecule has 0 bridgehead atoms. The highest BCUT2D eigenvalue weighted by molar-refractivity contribution is 7.07. The van der Waals surface area contributed by atoms with E-state index in [1.54, 1.807) is 46.3 Å². The number of rotatable bonds is 6. The van der Waals surface area contributed by atoms with Gasteiger partial charge in [-0.1, -0.05) is 17.4 Å². The molecule has 0 saturated heterocycles. The van der Waals surface area contributed by atoms with Gasteiger partial charge in [0.05, 0.1) is 6.26 Å². The third-order valence-corrected chi connectivity index (χ3v) is 4.57. The van der Waals surface area contributed by atoms with Gasteiger partial charge in [-0.05, 0) is 37.3 Å². The van der Waals surface area contributed by atoms with E-state index in [0.717, 1.165) is 17.0 Å². The van der Waals surface area contributed by atoms with E-state index < -0.39 is 0 Å². The number of carbonyl (C=O) groups excluding carboxylic acids is 2. The van der Waals surface area contributed by atoms with E-state index in [1.807, 2.05) is 6.92 Å². The molecule has 0 aliphatic heterocycles. The molecule has 3 rings (SSSR count). The van der Waals surface area contributed by atoms with Crippen molar-refractivity contribution in [3.05, 3.63) is 69.2 Å². The summed E-state index contributed by atoms with van der Waals surface area (Å²) in [5.41, 5.74) is 1.94. The Morgan fingerprint density at radius 2 is 1.92 bits per heavy atom. The molecule has 134 valence electrons. The summed E-state index contributed by atoms with van der Waals surface area (Å²) in [6, 6.07) is 10.0. The van der Waals surface area contributed by atoms with E-state index in [-0.39, 0.29) is 28.9 Å². The monoisotopic (exact) mass is 371 g/mol. The first-order valence-electron chi connectivity index (χ1n) is 7.92. The minimum Gasteiger partial charge on any atom is -0.459 e. The number of hydrogen-bond donors (Lipinski definition) is 2. The zero-order valence-corrected chi connectivity index (χ0v) is 14.8. The fourth-order valence-electron chi connectivity index (χ4n) is 2.39. The Morgan fingerprint density at radius 3 is 2.58 bits per heavy atom. The largest absolute Gasteiger partial charge is 0.459 e. The summed E-state index contributed by atoms with van der Waals surface area (Å²) in [7, 11) is 0. The number of benzene rings is 1. The second-order valence-corrected chi connectivity index (χ2v) is 6.43. The van der Waals surface area contributed by atoms with Crippen LogP contribution in [-0.4, -0.2) is 16.4 Å². The van der Waals surface area contributed by atoms with Crippen LogP contribution in [0.15, 0.2) is 57.3 Å². The summed E-state index contributed by atoms with van der Waals surface area (Å²) >= 11 is 1.12. The molecule has 7 nitrogen and oxygen atoms in total. The van der Waals surface area contributed by atoms with Crippen LogP contribution in [0.5, 0.6) is 0 Å². The van der Waals surface area contributed by atoms with Crippen LogP contribution in [-0.2, 0) is 11.3 Å². The van der Waals surface area contributed by atoms with Gasteiger partial charge < -0.3 is 19.6 Å². The molecule has 0 aliphatic rings. The summed E-state index contributed by atoms with van der Waals surface area (Å²) in [5.74, 6) is -0.376. The molecule has 1 aromatic carbocycles. The van der Waals surface area contributed by atoms with E-state index in [2.05, 4.69) is 10.6 Å². The highest BCUT2D eigenvalue weighted by atomic mass is 32.1. The molecule has 0 spiro atoms. The van der Waals surface area contributed by atoms with E-state index in [0.29, 0.717) is 17.9 Å². The second kappa shape index (κ2) is 7.83. The molecule has 2 amide bonds. The molecule has 2 heterocycles. The van der Waals surface area contributed by atoms with Gasteiger partial charge in [0, 0.05) is 35.4 Å². The lowest BCUT2D eigenvalue weighted by atomic mass is 10.2. The number of carbonyl (C=O) groups is 2. The highest BCUT2D eigenvalue weighted by Crippen LogP contribution is 2.16. The molecule has 0 radical (unpaired) electrons. The summed E-state index contributed by atoms with van der Waals surface area (Å²) in [6.07, 6.45) is 1.60. The summed E-state index contributed by atoms with van der Waals surface area (Å²) in [6.45, 7) is 2.16. The molecule has 0 atom stereocenters. The number of aryl methyl sites for hydroxylation is 1.